The van der Waals surface area contributed by atoms with Crippen LogP contribution in [-0.2, 0) is 9.53 Å². The minimum absolute atomic E-state index is 0.202. The van der Waals surface area contributed by atoms with E-state index in [2.05, 4.69) is 21.9 Å². The van der Waals surface area contributed by atoms with E-state index in [0.29, 0.717) is 6.40 Å². The number of rotatable bonds is 5. The van der Waals surface area contributed by atoms with Gasteiger partial charge < -0.3 is 10.5 Å². The average molecular weight is 344 g/mol. The molecule has 4 nitrogen and oxygen atoms in total. The Morgan fingerprint density at radius 2 is 2.18 bits per heavy atom. The van der Waals surface area contributed by atoms with Crippen molar-refractivity contribution in [2.75, 3.05) is 6.54 Å². The number of nitrogens with two attached hydrogens (primary N) is 1. The third kappa shape index (κ3) is 4.54. The Morgan fingerprint density at radius 3 is 2.68 bits per heavy atom. The maximum Gasteiger partial charge on any atom is 0.417 e. The van der Waals surface area contributed by atoms with Gasteiger partial charge in [0.2, 0.25) is 0 Å². The maximum atomic E-state index is 14.1. The third-order valence-corrected chi connectivity index (χ3v) is 3.39. The first-order valence-electron chi connectivity index (χ1n) is 6.18. The van der Waals surface area contributed by atoms with Crippen molar-refractivity contribution in [3.8, 4) is 0 Å². The maximum absolute atomic E-state index is 14.1. The van der Waals surface area contributed by atoms with E-state index in [0.717, 1.165) is 5.37 Å². The van der Waals surface area contributed by atoms with Crippen LogP contribution in [0.5, 0.6) is 0 Å². The first-order chi connectivity index (χ1) is 10.2. The van der Waals surface area contributed by atoms with Gasteiger partial charge in [-0.25, -0.2) is 13.8 Å². The van der Waals surface area contributed by atoms with Crippen LogP contribution in [0.25, 0.3) is 0 Å². The number of allylic oxidation sites excluding steroid dienone is 2. The average Bonchev–Trinajstić information content (AvgIpc) is 2.43. The lowest BCUT2D eigenvalue weighted by molar-refractivity contribution is -0.133. The van der Waals surface area contributed by atoms with Gasteiger partial charge in [0.1, 0.15) is 12.0 Å². The van der Waals surface area contributed by atoms with E-state index in [1.54, 1.807) is 0 Å². The number of halogens is 5. The fourth-order valence-corrected chi connectivity index (χ4v) is 2.32. The number of ether oxygens (including phenoxy) is 1. The summed E-state index contributed by atoms with van der Waals surface area (Å²) in [5.41, 5.74) is 3.14. The van der Waals surface area contributed by atoms with Crippen LogP contribution in [0.4, 0.5) is 22.0 Å². The zero-order chi connectivity index (χ0) is 16.9. The van der Waals surface area contributed by atoms with Crippen molar-refractivity contribution in [3.05, 3.63) is 11.4 Å². The molecule has 10 heteroatoms. The van der Waals surface area contributed by atoms with Gasteiger partial charge in [0, 0.05) is 17.7 Å². The zero-order valence-corrected chi connectivity index (χ0v) is 12.0. The number of hydrogen-bond acceptors (Lipinski definition) is 5. The molecule has 0 fully saturated rings. The van der Waals surface area contributed by atoms with Crippen molar-refractivity contribution in [1.29, 1.82) is 0 Å². The molecule has 0 saturated heterocycles. The lowest BCUT2D eigenvalue weighted by Gasteiger charge is -2.31. The predicted octanol–water partition coefficient (Wildman–Crippen LogP) is 2.42. The van der Waals surface area contributed by atoms with Crippen LogP contribution < -0.4 is 5.73 Å². The zero-order valence-electron chi connectivity index (χ0n) is 11.1. The summed E-state index contributed by atoms with van der Waals surface area (Å²) in [5, 5.41) is 0.946. The van der Waals surface area contributed by atoms with Crippen molar-refractivity contribution in [1.82, 2.24) is 0 Å². The smallest absolute Gasteiger partial charge is 0.414 e. The summed E-state index contributed by atoms with van der Waals surface area (Å²) in [5.74, 6) is -3.63. The Bertz CT molecular complexity index is 492. The molecule has 22 heavy (non-hydrogen) atoms. The number of alkyl halides is 4. The molecule has 0 saturated carbocycles. The predicted molar refractivity (Wildman–Crippen MR) is 72.9 cm³/mol. The monoisotopic (exact) mass is 344 g/mol. The van der Waals surface area contributed by atoms with Crippen molar-refractivity contribution < 1.29 is 31.5 Å². The number of aliphatic imine (C=N–C) groups is 1. The molecule has 0 radical (unpaired) electrons. The summed E-state index contributed by atoms with van der Waals surface area (Å²) in [6.07, 6.45) is -7.81. The molecule has 124 valence electrons. The van der Waals surface area contributed by atoms with Crippen molar-refractivity contribution in [3.63, 3.8) is 0 Å². The Hall–Kier alpha value is -1.42. The Morgan fingerprint density at radius 1 is 1.55 bits per heavy atom. The highest BCUT2D eigenvalue weighted by Crippen LogP contribution is 2.43. The molecule has 0 aromatic rings. The van der Waals surface area contributed by atoms with Gasteiger partial charge in [-0.2, -0.15) is 13.2 Å². The lowest BCUT2D eigenvalue weighted by Crippen LogP contribution is -2.38. The van der Waals surface area contributed by atoms with Crippen LogP contribution >= 0.6 is 12.2 Å². The topological polar surface area (TPSA) is 64.7 Å². The van der Waals surface area contributed by atoms with Gasteiger partial charge in [-0.1, -0.05) is 12.2 Å². The minimum atomic E-state index is -5.11. The van der Waals surface area contributed by atoms with E-state index in [1.807, 2.05) is 0 Å². The standard InChI is InChI=1S/C12H13F5N2O2S/c13-7-2-1-6(11(14)10(7)12(15,16)17)8(4-22)19-5-21-9(20)3-18/h4-6,8,11H,1-3,18H2. The van der Waals surface area contributed by atoms with Crippen LogP contribution in [0, 0.1) is 5.92 Å². The third-order valence-electron chi connectivity index (χ3n) is 3.11. The second kappa shape index (κ2) is 7.73. The fraction of sp³-hybridized carbons (Fsp3) is 0.583. The molecule has 3 atom stereocenters. The Balaban J connectivity index is 2.91. The highest BCUT2D eigenvalue weighted by Gasteiger charge is 2.48. The molecule has 0 spiro atoms. The minimum Gasteiger partial charge on any atom is -0.414 e. The van der Waals surface area contributed by atoms with Crippen molar-refractivity contribution >= 4 is 30.0 Å². The number of thiocarbonyl (C=S) groups is 1. The highest BCUT2D eigenvalue weighted by atomic mass is 32.1. The van der Waals surface area contributed by atoms with Gasteiger partial charge in [-0.15, -0.1) is 0 Å². The first-order valence-corrected chi connectivity index (χ1v) is 6.65. The van der Waals surface area contributed by atoms with Gasteiger partial charge in [0.15, 0.2) is 6.40 Å². The van der Waals surface area contributed by atoms with Crippen LogP contribution in [0.2, 0.25) is 0 Å². The molecule has 1 aliphatic carbocycles. The van der Waals surface area contributed by atoms with Crippen LogP contribution in [0.15, 0.2) is 16.4 Å². The molecule has 0 aromatic heterocycles. The second-order valence-corrected chi connectivity index (χ2v) is 4.77. The van der Waals surface area contributed by atoms with E-state index in [9.17, 15) is 26.7 Å². The molecule has 0 heterocycles. The molecule has 1 aliphatic rings. The van der Waals surface area contributed by atoms with Gasteiger partial charge in [0.05, 0.1) is 18.2 Å². The molecular formula is C12H13F5N2O2S. The van der Waals surface area contributed by atoms with E-state index in [1.165, 1.54) is 0 Å². The van der Waals surface area contributed by atoms with E-state index in [-0.39, 0.29) is 6.42 Å². The van der Waals surface area contributed by atoms with Crippen molar-refractivity contribution in [2.24, 2.45) is 16.6 Å². The summed E-state index contributed by atoms with van der Waals surface area (Å²) in [7, 11) is 0. The largest absolute Gasteiger partial charge is 0.417 e. The molecule has 0 aromatic carbocycles. The van der Waals surface area contributed by atoms with Crippen LogP contribution in [0.1, 0.15) is 12.8 Å². The van der Waals surface area contributed by atoms with Gasteiger partial charge in [0.25, 0.3) is 0 Å². The SMILES string of the molecule is NCC(=O)OC=NC(C=S)C1CCC(F)=C(C(F)(F)F)C1F. The number of nitrogens with zero attached hydrogens (tertiary/aromatic N) is 1. The van der Waals surface area contributed by atoms with Gasteiger partial charge in [-0.05, 0) is 6.42 Å². The van der Waals surface area contributed by atoms with E-state index >= 15 is 0 Å². The molecule has 3 unspecified atom stereocenters. The van der Waals surface area contributed by atoms with E-state index in [4.69, 9.17) is 5.73 Å². The van der Waals surface area contributed by atoms with Crippen LogP contribution in [-0.4, -0.2) is 42.7 Å². The lowest BCUT2D eigenvalue weighted by atomic mass is 9.82. The fourth-order valence-electron chi connectivity index (χ4n) is 2.05. The summed E-state index contributed by atoms with van der Waals surface area (Å²) >= 11 is 4.61. The molecule has 2 N–H and O–H groups in total. The summed E-state index contributed by atoms with van der Waals surface area (Å²) in [6.45, 7) is -0.421. The second-order valence-electron chi connectivity index (χ2n) is 4.50. The highest BCUT2D eigenvalue weighted by molar-refractivity contribution is 7.79. The normalized spacial score (nSPS) is 24.5. The Kier molecular flexibility index (Phi) is 6.54. The molecule has 1 rings (SSSR count). The summed E-state index contributed by atoms with van der Waals surface area (Å²) in [4.78, 5) is 14.4. The molecule has 0 amide bonds. The first kappa shape index (κ1) is 18.6. The molecular weight excluding hydrogens is 331 g/mol. The number of hydrogen-bond donors (Lipinski definition) is 1. The van der Waals surface area contributed by atoms with E-state index < -0.39 is 54.6 Å². The van der Waals surface area contributed by atoms with Gasteiger partial charge >= 0.3 is 12.1 Å². The number of carbonyl (C=O) groups excluding carboxylic acids is 1. The number of esters is 1. The molecule has 0 aliphatic heterocycles. The number of carbonyl (C=O) groups is 1. The molecule has 0 bridgehead atoms. The summed E-state index contributed by atoms with van der Waals surface area (Å²) < 4.78 is 69.8. The quantitative estimate of drug-likeness (QED) is 0.274. The Labute approximate surface area is 128 Å². The van der Waals surface area contributed by atoms with Crippen LogP contribution in [0.3, 0.4) is 0 Å². The summed E-state index contributed by atoms with van der Waals surface area (Å²) in [6, 6.07) is -1.17. The van der Waals surface area contributed by atoms with Crippen molar-refractivity contribution in [2.45, 2.75) is 31.2 Å². The van der Waals surface area contributed by atoms with Gasteiger partial charge in [-0.3, -0.25) is 4.79 Å².